The molecule has 3 aliphatic rings. The maximum absolute atomic E-state index is 13.0. The summed E-state index contributed by atoms with van der Waals surface area (Å²) in [5, 5.41) is 9.46. The van der Waals surface area contributed by atoms with Crippen molar-refractivity contribution in [2.45, 2.75) is 57.8 Å². The van der Waals surface area contributed by atoms with E-state index in [9.17, 15) is 19.5 Å². The first kappa shape index (κ1) is 15.4. The molecule has 5 unspecified atom stereocenters. The number of amides is 2. The number of hydrogen-bond acceptors (Lipinski definition) is 5. The fraction of sp³-hybridized carbons (Fsp3) is 0.800. The van der Waals surface area contributed by atoms with Crippen LogP contribution in [0.25, 0.3) is 0 Å². The summed E-state index contributed by atoms with van der Waals surface area (Å²) in [6, 6.07) is -1.14. The molecule has 0 aromatic carbocycles. The second kappa shape index (κ2) is 4.76. The molecule has 2 bridgehead atoms. The van der Waals surface area contributed by atoms with Crippen molar-refractivity contribution in [2.24, 2.45) is 16.6 Å². The van der Waals surface area contributed by atoms with Gasteiger partial charge in [-0.05, 0) is 46.1 Å². The molecule has 0 radical (unpaired) electrons. The molecule has 3 fully saturated rings. The molecular formula is C15H22N2O5. The molecule has 122 valence electrons. The average Bonchev–Trinajstić information content (AvgIpc) is 3.08. The number of imide groups is 1. The van der Waals surface area contributed by atoms with Crippen molar-refractivity contribution in [3.8, 4) is 0 Å². The maximum Gasteiger partial charge on any atom is 0.326 e. The number of aliphatic carboxylic acids is 1. The molecule has 0 aliphatic carbocycles. The molecular weight excluding hydrogens is 288 g/mol. The third-order valence-electron chi connectivity index (χ3n) is 5.99. The van der Waals surface area contributed by atoms with Gasteiger partial charge in [-0.25, -0.2) is 4.79 Å². The Kier molecular flexibility index (Phi) is 3.34. The molecule has 0 saturated carbocycles. The summed E-state index contributed by atoms with van der Waals surface area (Å²) in [6.45, 7) is 3.82. The normalized spacial score (nSPS) is 41.1. The topological polar surface area (TPSA) is 110 Å². The minimum Gasteiger partial charge on any atom is -0.480 e. The van der Waals surface area contributed by atoms with E-state index >= 15 is 0 Å². The Bertz CT molecular complexity index is 516. The Morgan fingerprint density at radius 1 is 1.32 bits per heavy atom. The second-order valence-electron chi connectivity index (χ2n) is 6.86. The van der Waals surface area contributed by atoms with Crippen molar-refractivity contribution in [1.82, 2.24) is 4.90 Å². The first-order valence-electron chi connectivity index (χ1n) is 7.76. The van der Waals surface area contributed by atoms with E-state index in [0.29, 0.717) is 13.0 Å². The zero-order chi connectivity index (χ0) is 16.3. The van der Waals surface area contributed by atoms with Gasteiger partial charge in [-0.2, -0.15) is 0 Å². The van der Waals surface area contributed by atoms with E-state index < -0.39 is 34.7 Å². The zero-order valence-electron chi connectivity index (χ0n) is 12.9. The summed E-state index contributed by atoms with van der Waals surface area (Å²) in [4.78, 5) is 38.5. The number of likely N-dealkylation sites (tertiary alicyclic amines) is 1. The van der Waals surface area contributed by atoms with Crippen LogP contribution in [0.4, 0.5) is 0 Å². The van der Waals surface area contributed by atoms with Crippen LogP contribution >= 0.6 is 0 Å². The highest BCUT2D eigenvalue weighted by Crippen LogP contribution is 2.64. The van der Waals surface area contributed by atoms with E-state index in [0.717, 1.165) is 17.7 Å². The van der Waals surface area contributed by atoms with E-state index in [1.807, 2.05) is 0 Å². The second-order valence-corrected chi connectivity index (χ2v) is 6.86. The SMILES string of the molecule is CC12C(=O)N(C(CCCN)C(=O)O)C(=O)C1(C)C1CCC2O1. The van der Waals surface area contributed by atoms with Crippen LogP contribution in [0.2, 0.25) is 0 Å². The Balaban J connectivity index is 2.00. The number of nitrogens with zero attached hydrogens (tertiary/aromatic N) is 1. The summed E-state index contributed by atoms with van der Waals surface area (Å²) < 4.78 is 5.82. The van der Waals surface area contributed by atoms with Crippen LogP contribution in [0, 0.1) is 10.8 Å². The predicted molar refractivity (Wildman–Crippen MR) is 75.7 cm³/mol. The van der Waals surface area contributed by atoms with Gasteiger partial charge < -0.3 is 15.6 Å². The number of carboxylic acid groups (broad SMARTS) is 1. The number of nitrogens with two attached hydrogens (primary N) is 1. The summed E-state index contributed by atoms with van der Waals surface area (Å²) in [7, 11) is 0. The third-order valence-corrected chi connectivity index (χ3v) is 5.99. The van der Waals surface area contributed by atoms with Crippen LogP contribution in [0.3, 0.4) is 0 Å². The predicted octanol–water partition coefficient (Wildman–Crippen LogP) is 0.121. The standard InChI is InChI=1S/C15H22N2O5/c1-14-9-5-6-10(22-9)15(14,2)13(21)17(12(14)20)8(11(18)19)4-3-7-16/h8-10H,3-7,16H2,1-2H3,(H,18,19). The molecule has 2 amide bonds. The van der Waals surface area contributed by atoms with Crippen molar-refractivity contribution in [2.75, 3.05) is 6.54 Å². The number of carboxylic acids is 1. The van der Waals surface area contributed by atoms with Crippen molar-refractivity contribution >= 4 is 17.8 Å². The molecule has 3 heterocycles. The van der Waals surface area contributed by atoms with Crippen molar-refractivity contribution < 1.29 is 24.2 Å². The van der Waals surface area contributed by atoms with Crippen LogP contribution < -0.4 is 5.73 Å². The molecule has 3 rings (SSSR count). The summed E-state index contributed by atoms with van der Waals surface area (Å²) in [6.07, 6.45) is 1.52. The van der Waals surface area contributed by atoms with E-state index in [4.69, 9.17) is 10.5 Å². The third kappa shape index (κ3) is 1.55. The fourth-order valence-corrected chi connectivity index (χ4v) is 4.43. The highest BCUT2D eigenvalue weighted by molar-refractivity contribution is 6.12. The van der Waals surface area contributed by atoms with Gasteiger partial charge in [0, 0.05) is 0 Å². The number of rotatable bonds is 5. The summed E-state index contributed by atoms with van der Waals surface area (Å²) in [5.41, 5.74) is 3.53. The number of carbonyl (C=O) groups excluding carboxylic acids is 2. The number of ether oxygens (including phenoxy) is 1. The number of carbonyl (C=O) groups is 3. The minimum atomic E-state index is -1.16. The van der Waals surface area contributed by atoms with Gasteiger partial charge in [0.1, 0.15) is 6.04 Å². The first-order valence-corrected chi connectivity index (χ1v) is 7.76. The van der Waals surface area contributed by atoms with Crippen molar-refractivity contribution in [3.05, 3.63) is 0 Å². The van der Waals surface area contributed by atoms with Gasteiger partial charge in [0.15, 0.2) is 0 Å². The molecule has 3 aliphatic heterocycles. The highest BCUT2D eigenvalue weighted by atomic mass is 16.5. The molecule has 7 heteroatoms. The van der Waals surface area contributed by atoms with Crippen molar-refractivity contribution in [1.29, 1.82) is 0 Å². The molecule has 0 aromatic heterocycles. The van der Waals surface area contributed by atoms with Gasteiger partial charge >= 0.3 is 5.97 Å². The Hall–Kier alpha value is -1.47. The van der Waals surface area contributed by atoms with Crippen LogP contribution in [-0.2, 0) is 19.1 Å². The summed E-state index contributed by atoms with van der Waals surface area (Å²) in [5.74, 6) is -1.97. The van der Waals surface area contributed by atoms with Crippen LogP contribution in [-0.4, -0.2) is 52.6 Å². The molecule has 0 spiro atoms. The Labute approximate surface area is 128 Å². The fourth-order valence-electron chi connectivity index (χ4n) is 4.43. The molecule has 3 saturated heterocycles. The number of fused-ring (bicyclic) bond motifs is 5. The van der Waals surface area contributed by atoms with E-state index in [1.54, 1.807) is 13.8 Å². The van der Waals surface area contributed by atoms with Gasteiger partial charge in [0.25, 0.3) is 0 Å². The zero-order valence-corrected chi connectivity index (χ0v) is 12.9. The monoisotopic (exact) mass is 310 g/mol. The summed E-state index contributed by atoms with van der Waals surface area (Å²) >= 11 is 0. The lowest BCUT2D eigenvalue weighted by Gasteiger charge is -2.36. The van der Waals surface area contributed by atoms with E-state index in [-0.39, 0.29) is 18.6 Å². The van der Waals surface area contributed by atoms with Crippen LogP contribution in [0.15, 0.2) is 0 Å². The quantitative estimate of drug-likeness (QED) is 0.698. The lowest BCUT2D eigenvalue weighted by atomic mass is 9.59. The van der Waals surface area contributed by atoms with E-state index in [1.165, 1.54) is 0 Å². The van der Waals surface area contributed by atoms with Gasteiger partial charge in [-0.3, -0.25) is 14.5 Å². The molecule has 22 heavy (non-hydrogen) atoms. The van der Waals surface area contributed by atoms with E-state index in [2.05, 4.69) is 0 Å². The van der Waals surface area contributed by atoms with Crippen LogP contribution in [0.5, 0.6) is 0 Å². The molecule has 5 atom stereocenters. The van der Waals surface area contributed by atoms with Crippen LogP contribution in [0.1, 0.15) is 39.5 Å². The van der Waals surface area contributed by atoms with Gasteiger partial charge in [0.05, 0.1) is 23.0 Å². The smallest absolute Gasteiger partial charge is 0.326 e. The minimum absolute atomic E-state index is 0.186. The Morgan fingerprint density at radius 2 is 1.82 bits per heavy atom. The lowest BCUT2D eigenvalue weighted by Crippen LogP contribution is -2.48. The average molecular weight is 310 g/mol. The first-order chi connectivity index (χ1) is 10.3. The molecule has 0 aromatic rings. The molecule has 3 N–H and O–H groups in total. The van der Waals surface area contributed by atoms with Gasteiger partial charge in [-0.1, -0.05) is 0 Å². The molecule has 7 nitrogen and oxygen atoms in total. The van der Waals surface area contributed by atoms with Gasteiger partial charge in [0.2, 0.25) is 11.8 Å². The largest absolute Gasteiger partial charge is 0.480 e. The lowest BCUT2D eigenvalue weighted by molar-refractivity contribution is -0.158. The van der Waals surface area contributed by atoms with Gasteiger partial charge in [-0.15, -0.1) is 0 Å². The maximum atomic E-state index is 13.0. The number of hydrogen-bond donors (Lipinski definition) is 2. The Morgan fingerprint density at radius 3 is 2.23 bits per heavy atom. The highest BCUT2D eigenvalue weighted by Gasteiger charge is 2.77. The van der Waals surface area contributed by atoms with Crippen molar-refractivity contribution in [3.63, 3.8) is 0 Å².